The average molecular weight is 315 g/mol. The quantitative estimate of drug-likeness (QED) is 0.728. The highest BCUT2D eigenvalue weighted by Gasteiger charge is 2.32. The van der Waals surface area contributed by atoms with Crippen LogP contribution in [0.2, 0.25) is 0 Å². The van der Waals surface area contributed by atoms with E-state index in [1.54, 1.807) is 0 Å². The predicted octanol–water partition coefficient (Wildman–Crippen LogP) is 0.483. The molecule has 1 aliphatic rings. The van der Waals surface area contributed by atoms with Gasteiger partial charge in [0.1, 0.15) is 11.3 Å². The summed E-state index contributed by atoms with van der Waals surface area (Å²) in [4.78, 5) is 10.8. The molecule has 3 N–H and O–H groups in total. The molecule has 1 aromatic carbocycles. The number of rotatable bonds is 5. The minimum Gasteiger partial charge on any atom is -0.507 e. The molecule has 0 bridgehead atoms. The highest BCUT2D eigenvalue weighted by Crippen LogP contribution is 2.28. The smallest absolute Gasteiger partial charge is 0.339 e. The van der Waals surface area contributed by atoms with Crippen molar-refractivity contribution in [2.75, 3.05) is 19.7 Å². The maximum absolute atomic E-state index is 12.5. The maximum atomic E-state index is 12.5. The summed E-state index contributed by atoms with van der Waals surface area (Å²) in [6.07, 6.45) is 1.21. The summed E-state index contributed by atoms with van der Waals surface area (Å²) < 4.78 is 26.2. The van der Waals surface area contributed by atoms with E-state index < -0.39 is 27.3 Å². The number of carboxylic acid groups (broad SMARTS) is 1. The molecule has 0 spiro atoms. The van der Waals surface area contributed by atoms with E-state index >= 15 is 0 Å². The van der Waals surface area contributed by atoms with Crippen LogP contribution in [0.4, 0.5) is 0 Å². The van der Waals surface area contributed by atoms with Crippen LogP contribution < -0.4 is 0 Å². The Labute approximate surface area is 122 Å². The van der Waals surface area contributed by atoms with Gasteiger partial charge in [-0.05, 0) is 37.0 Å². The normalized spacial score (nSPS) is 19.8. The number of carboxylic acids is 1. The molecule has 116 valence electrons. The van der Waals surface area contributed by atoms with E-state index in [-0.39, 0.29) is 17.4 Å². The molecule has 21 heavy (non-hydrogen) atoms. The van der Waals surface area contributed by atoms with Crippen molar-refractivity contribution in [2.24, 2.45) is 5.92 Å². The van der Waals surface area contributed by atoms with Gasteiger partial charge in [-0.2, -0.15) is 4.31 Å². The van der Waals surface area contributed by atoms with Gasteiger partial charge in [-0.25, -0.2) is 13.2 Å². The van der Waals surface area contributed by atoms with Gasteiger partial charge in [0.05, 0.1) is 4.90 Å². The topological polar surface area (TPSA) is 115 Å². The van der Waals surface area contributed by atoms with Crippen molar-refractivity contribution in [3.05, 3.63) is 23.8 Å². The lowest BCUT2D eigenvalue weighted by Gasteiger charge is -2.17. The van der Waals surface area contributed by atoms with Crippen molar-refractivity contribution in [2.45, 2.75) is 17.7 Å². The molecule has 1 heterocycles. The Balaban J connectivity index is 2.28. The summed E-state index contributed by atoms with van der Waals surface area (Å²) in [6, 6.07) is 3.22. The standard InChI is InChI=1S/C13H17NO6S/c15-6-4-9-3-5-14(8-9)21(19,20)10-1-2-12(16)11(7-10)13(17)18/h1-2,7,9,15-16H,3-6,8H2,(H,17,18). The number of aliphatic hydroxyl groups is 1. The molecule has 0 amide bonds. The zero-order valence-corrected chi connectivity index (χ0v) is 12.1. The Morgan fingerprint density at radius 2 is 2.10 bits per heavy atom. The molecule has 8 heteroatoms. The average Bonchev–Trinajstić information content (AvgIpc) is 2.88. The Kier molecular flexibility index (Phi) is 4.50. The molecule has 1 fully saturated rings. The summed E-state index contributed by atoms with van der Waals surface area (Å²) in [6.45, 7) is 0.670. The molecule has 2 rings (SSSR count). The van der Waals surface area contributed by atoms with Crippen LogP contribution in [0.3, 0.4) is 0 Å². The first-order chi connectivity index (χ1) is 9.86. The second-order valence-corrected chi connectivity index (χ2v) is 6.95. The fourth-order valence-corrected chi connectivity index (χ4v) is 3.99. The number of nitrogens with zero attached hydrogens (tertiary/aromatic N) is 1. The summed E-state index contributed by atoms with van der Waals surface area (Å²) in [7, 11) is -3.79. The molecule has 1 atom stereocenters. The van der Waals surface area contributed by atoms with Crippen molar-refractivity contribution >= 4 is 16.0 Å². The van der Waals surface area contributed by atoms with Crippen molar-refractivity contribution in [3.63, 3.8) is 0 Å². The van der Waals surface area contributed by atoms with Crippen LogP contribution in [0.5, 0.6) is 5.75 Å². The van der Waals surface area contributed by atoms with Crippen LogP contribution in [0, 0.1) is 5.92 Å². The molecule has 1 aliphatic heterocycles. The van der Waals surface area contributed by atoms with Gasteiger partial charge in [0, 0.05) is 19.7 Å². The van der Waals surface area contributed by atoms with Gasteiger partial charge >= 0.3 is 5.97 Å². The molecule has 1 unspecified atom stereocenters. The lowest BCUT2D eigenvalue weighted by molar-refractivity contribution is 0.0693. The third kappa shape index (κ3) is 3.17. The van der Waals surface area contributed by atoms with Gasteiger partial charge in [0.15, 0.2) is 0 Å². The molecule has 7 nitrogen and oxygen atoms in total. The molecule has 0 radical (unpaired) electrons. The Bertz CT molecular complexity index is 642. The SMILES string of the molecule is O=C(O)c1cc(S(=O)(=O)N2CCC(CCO)C2)ccc1O. The minimum absolute atomic E-state index is 0.0148. The maximum Gasteiger partial charge on any atom is 0.339 e. The van der Waals surface area contributed by atoms with Crippen molar-refractivity contribution in [1.29, 1.82) is 0 Å². The second-order valence-electron chi connectivity index (χ2n) is 5.01. The van der Waals surface area contributed by atoms with E-state index in [2.05, 4.69) is 0 Å². The van der Waals surface area contributed by atoms with Crippen LogP contribution in [-0.4, -0.2) is 53.7 Å². The first-order valence-electron chi connectivity index (χ1n) is 6.53. The highest BCUT2D eigenvalue weighted by atomic mass is 32.2. The summed E-state index contributed by atoms with van der Waals surface area (Å²) in [5.41, 5.74) is -0.442. The lowest BCUT2D eigenvalue weighted by atomic mass is 10.1. The van der Waals surface area contributed by atoms with E-state index in [1.165, 1.54) is 10.4 Å². The zero-order valence-electron chi connectivity index (χ0n) is 11.3. The zero-order chi connectivity index (χ0) is 15.6. The summed E-state index contributed by atoms with van der Waals surface area (Å²) >= 11 is 0. The first kappa shape index (κ1) is 15.7. The third-order valence-electron chi connectivity index (χ3n) is 3.62. The number of hydrogen-bond acceptors (Lipinski definition) is 5. The van der Waals surface area contributed by atoms with Gasteiger partial charge in [-0.1, -0.05) is 0 Å². The monoisotopic (exact) mass is 315 g/mol. The van der Waals surface area contributed by atoms with Crippen LogP contribution in [-0.2, 0) is 10.0 Å². The molecular weight excluding hydrogens is 298 g/mol. The van der Waals surface area contributed by atoms with Gasteiger partial charge in [0.25, 0.3) is 0 Å². The highest BCUT2D eigenvalue weighted by molar-refractivity contribution is 7.89. The Hall–Kier alpha value is -1.64. The number of phenols is 1. The number of benzene rings is 1. The van der Waals surface area contributed by atoms with Crippen LogP contribution in [0.25, 0.3) is 0 Å². The van der Waals surface area contributed by atoms with Gasteiger partial charge in [0.2, 0.25) is 10.0 Å². The second kappa shape index (κ2) is 6.00. The molecule has 1 saturated heterocycles. The van der Waals surface area contributed by atoms with Crippen LogP contribution >= 0.6 is 0 Å². The number of aliphatic hydroxyl groups excluding tert-OH is 1. The number of aromatic hydroxyl groups is 1. The van der Waals surface area contributed by atoms with Gasteiger partial charge < -0.3 is 15.3 Å². The largest absolute Gasteiger partial charge is 0.507 e. The van der Waals surface area contributed by atoms with Crippen molar-refractivity contribution in [1.82, 2.24) is 4.31 Å². The minimum atomic E-state index is -3.79. The fourth-order valence-electron chi connectivity index (χ4n) is 2.43. The molecule has 0 aromatic heterocycles. The fraction of sp³-hybridized carbons (Fsp3) is 0.462. The number of sulfonamides is 1. The molecule has 1 aromatic rings. The van der Waals surface area contributed by atoms with Crippen LogP contribution in [0.15, 0.2) is 23.1 Å². The van der Waals surface area contributed by atoms with Crippen molar-refractivity contribution < 1.29 is 28.5 Å². The lowest BCUT2D eigenvalue weighted by Crippen LogP contribution is -2.29. The Morgan fingerprint density at radius 1 is 1.38 bits per heavy atom. The Morgan fingerprint density at radius 3 is 2.71 bits per heavy atom. The number of carbonyl (C=O) groups is 1. The van der Waals surface area contributed by atoms with E-state index in [0.29, 0.717) is 25.9 Å². The summed E-state index contributed by atoms with van der Waals surface area (Å²) in [5, 5.41) is 27.3. The van der Waals surface area contributed by atoms with Gasteiger partial charge in [-0.15, -0.1) is 0 Å². The van der Waals surface area contributed by atoms with E-state index in [9.17, 15) is 18.3 Å². The first-order valence-corrected chi connectivity index (χ1v) is 7.97. The van der Waals surface area contributed by atoms with Gasteiger partial charge in [-0.3, -0.25) is 0 Å². The number of aromatic carboxylic acids is 1. The molecule has 0 aliphatic carbocycles. The van der Waals surface area contributed by atoms with E-state index in [1.807, 2.05) is 0 Å². The predicted molar refractivity (Wildman–Crippen MR) is 73.6 cm³/mol. The third-order valence-corrected chi connectivity index (χ3v) is 5.48. The molecule has 0 saturated carbocycles. The van der Waals surface area contributed by atoms with E-state index in [4.69, 9.17) is 10.2 Å². The van der Waals surface area contributed by atoms with Crippen molar-refractivity contribution in [3.8, 4) is 5.75 Å². The van der Waals surface area contributed by atoms with E-state index in [0.717, 1.165) is 12.1 Å². The molecular formula is C13H17NO6S. The van der Waals surface area contributed by atoms with Crippen LogP contribution in [0.1, 0.15) is 23.2 Å². The summed E-state index contributed by atoms with van der Waals surface area (Å²) in [5.74, 6) is -1.74. The number of hydrogen-bond donors (Lipinski definition) is 3.